The van der Waals surface area contributed by atoms with Crippen LogP contribution in [0.25, 0.3) is 0 Å². The maximum atomic E-state index is 3.88. The van der Waals surface area contributed by atoms with Crippen molar-refractivity contribution >= 4 is 0 Å². The van der Waals surface area contributed by atoms with Gasteiger partial charge in [-0.15, -0.1) is 0 Å². The lowest BCUT2D eigenvalue weighted by Gasteiger charge is -2.35. The highest BCUT2D eigenvalue weighted by Gasteiger charge is 2.31. The number of hydrogen-bond donors (Lipinski definition) is 2. The Kier molecular flexibility index (Phi) is 3.68. The van der Waals surface area contributed by atoms with Gasteiger partial charge in [0.15, 0.2) is 0 Å². The van der Waals surface area contributed by atoms with E-state index in [9.17, 15) is 0 Å². The molecule has 1 aliphatic carbocycles. The maximum absolute atomic E-state index is 3.88. The number of nitrogens with one attached hydrogen (secondary N) is 2. The van der Waals surface area contributed by atoms with Gasteiger partial charge in [-0.2, -0.15) is 0 Å². The molecule has 2 N–H and O–H groups in total. The molecular formula is C13H26N2. The van der Waals surface area contributed by atoms with E-state index in [4.69, 9.17) is 0 Å². The third-order valence-electron chi connectivity index (χ3n) is 4.35. The molecule has 15 heavy (non-hydrogen) atoms. The normalized spacial score (nSPS) is 42.0. The summed E-state index contributed by atoms with van der Waals surface area (Å²) in [6.45, 7) is 7.05. The van der Waals surface area contributed by atoms with Gasteiger partial charge >= 0.3 is 0 Å². The molecule has 2 nitrogen and oxygen atoms in total. The monoisotopic (exact) mass is 210 g/mol. The van der Waals surface area contributed by atoms with E-state index in [0.29, 0.717) is 5.54 Å². The first kappa shape index (κ1) is 11.4. The van der Waals surface area contributed by atoms with Gasteiger partial charge in [0, 0.05) is 18.1 Å². The van der Waals surface area contributed by atoms with Gasteiger partial charge in [-0.25, -0.2) is 0 Å². The minimum absolute atomic E-state index is 0.379. The number of hydrogen-bond acceptors (Lipinski definition) is 2. The van der Waals surface area contributed by atoms with Gasteiger partial charge in [0.2, 0.25) is 0 Å². The van der Waals surface area contributed by atoms with Crippen LogP contribution in [0.2, 0.25) is 0 Å². The highest BCUT2D eigenvalue weighted by Crippen LogP contribution is 2.28. The lowest BCUT2D eigenvalue weighted by molar-refractivity contribution is 0.237. The minimum atomic E-state index is 0.379. The van der Waals surface area contributed by atoms with Crippen LogP contribution in [0.1, 0.15) is 52.4 Å². The van der Waals surface area contributed by atoms with Crippen LogP contribution in [-0.2, 0) is 0 Å². The summed E-state index contributed by atoms with van der Waals surface area (Å²) in [5, 5.41) is 7.34. The predicted octanol–water partition coefficient (Wildman–Crippen LogP) is 2.30. The van der Waals surface area contributed by atoms with Gasteiger partial charge in [0.1, 0.15) is 0 Å². The van der Waals surface area contributed by atoms with E-state index in [1.807, 2.05) is 0 Å². The van der Waals surface area contributed by atoms with Crippen molar-refractivity contribution < 1.29 is 0 Å². The van der Waals surface area contributed by atoms with Crippen molar-refractivity contribution in [1.82, 2.24) is 10.6 Å². The fourth-order valence-corrected chi connectivity index (χ4v) is 3.15. The van der Waals surface area contributed by atoms with Crippen LogP contribution in [0.3, 0.4) is 0 Å². The van der Waals surface area contributed by atoms with E-state index in [1.165, 1.54) is 45.1 Å². The van der Waals surface area contributed by atoms with Crippen LogP contribution < -0.4 is 10.6 Å². The van der Waals surface area contributed by atoms with Gasteiger partial charge in [0.05, 0.1) is 0 Å². The zero-order valence-corrected chi connectivity index (χ0v) is 10.3. The molecule has 1 unspecified atom stereocenters. The molecule has 1 saturated heterocycles. The van der Waals surface area contributed by atoms with E-state index < -0.39 is 0 Å². The van der Waals surface area contributed by atoms with Gasteiger partial charge in [-0.3, -0.25) is 0 Å². The summed E-state index contributed by atoms with van der Waals surface area (Å²) >= 11 is 0. The zero-order chi connectivity index (χ0) is 10.7. The van der Waals surface area contributed by atoms with Crippen molar-refractivity contribution in [1.29, 1.82) is 0 Å². The van der Waals surface area contributed by atoms with Crippen molar-refractivity contribution in [3.8, 4) is 0 Å². The molecule has 0 aromatic heterocycles. The Bertz CT molecular complexity index is 189. The Balaban J connectivity index is 1.76. The van der Waals surface area contributed by atoms with Crippen molar-refractivity contribution in [3.63, 3.8) is 0 Å². The Morgan fingerprint density at radius 2 is 2.00 bits per heavy atom. The third-order valence-corrected chi connectivity index (χ3v) is 4.35. The third kappa shape index (κ3) is 2.94. The summed E-state index contributed by atoms with van der Waals surface area (Å²) in [7, 11) is 0. The molecular weight excluding hydrogens is 184 g/mol. The van der Waals surface area contributed by atoms with E-state index in [1.54, 1.807) is 0 Å². The summed E-state index contributed by atoms with van der Waals surface area (Å²) in [6.07, 6.45) is 8.35. The molecule has 0 bridgehead atoms. The summed E-state index contributed by atoms with van der Waals surface area (Å²) in [4.78, 5) is 0. The first-order chi connectivity index (χ1) is 7.22. The molecule has 2 aliphatic rings. The molecule has 1 aliphatic heterocycles. The molecule has 0 spiro atoms. The van der Waals surface area contributed by atoms with Crippen molar-refractivity contribution in [2.45, 2.75) is 64.0 Å². The van der Waals surface area contributed by atoms with Crippen molar-refractivity contribution in [3.05, 3.63) is 0 Å². The molecule has 2 heteroatoms. The van der Waals surface area contributed by atoms with Crippen LogP contribution in [0.5, 0.6) is 0 Å². The van der Waals surface area contributed by atoms with Gasteiger partial charge in [-0.1, -0.05) is 13.3 Å². The second kappa shape index (κ2) is 4.84. The predicted molar refractivity (Wildman–Crippen MR) is 65.1 cm³/mol. The molecule has 1 atom stereocenters. The van der Waals surface area contributed by atoms with Crippen LogP contribution in [0, 0.1) is 5.92 Å². The SMILES string of the molecule is CCC1CCC(NC2(C)CCNC2)CC1. The molecule has 0 amide bonds. The second-order valence-corrected chi connectivity index (χ2v) is 5.76. The van der Waals surface area contributed by atoms with E-state index >= 15 is 0 Å². The molecule has 0 radical (unpaired) electrons. The molecule has 2 fully saturated rings. The van der Waals surface area contributed by atoms with E-state index in [2.05, 4.69) is 24.5 Å². The van der Waals surface area contributed by atoms with E-state index in [0.717, 1.165) is 18.5 Å². The molecule has 1 heterocycles. The summed E-state index contributed by atoms with van der Waals surface area (Å²) < 4.78 is 0. The standard InChI is InChI=1S/C13H26N2/c1-3-11-4-6-12(7-5-11)15-13(2)8-9-14-10-13/h11-12,14-15H,3-10H2,1-2H3. The first-order valence-corrected chi connectivity index (χ1v) is 6.70. The van der Waals surface area contributed by atoms with Gasteiger partial charge < -0.3 is 10.6 Å². The largest absolute Gasteiger partial charge is 0.315 e. The number of rotatable bonds is 3. The fourth-order valence-electron chi connectivity index (χ4n) is 3.15. The van der Waals surface area contributed by atoms with Crippen LogP contribution >= 0.6 is 0 Å². The smallest absolute Gasteiger partial charge is 0.0292 e. The fraction of sp³-hybridized carbons (Fsp3) is 1.00. The van der Waals surface area contributed by atoms with Crippen molar-refractivity contribution in [2.75, 3.05) is 13.1 Å². The maximum Gasteiger partial charge on any atom is 0.0292 e. The molecule has 1 saturated carbocycles. The highest BCUT2D eigenvalue weighted by molar-refractivity contribution is 4.94. The zero-order valence-electron chi connectivity index (χ0n) is 10.3. The van der Waals surface area contributed by atoms with E-state index in [-0.39, 0.29) is 0 Å². The minimum Gasteiger partial charge on any atom is -0.315 e. The quantitative estimate of drug-likeness (QED) is 0.747. The topological polar surface area (TPSA) is 24.1 Å². The second-order valence-electron chi connectivity index (χ2n) is 5.76. The highest BCUT2D eigenvalue weighted by atomic mass is 15.1. The van der Waals surface area contributed by atoms with Gasteiger partial charge in [0.25, 0.3) is 0 Å². The first-order valence-electron chi connectivity index (χ1n) is 6.70. The summed E-state index contributed by atoms with van der Waals surface area (Å²) in [6, 6.07) is 0.790. The average molecular weight is 210 g/mol. The lowest BCUT2D eigenvalue weighted by atomic mass is 9.83. The Hall–Kier alpha value is -0.0800. The molecule has 0 aromatic carbocycles. The van der Waals surface area contributed by atoms with Gasteiger partial charge in [-0.05, 0) is 51.5 Å². The van der Waals surface area contributed by atoms with Crippen LogP contribution in [0.4, 0.5) is 0 Å². The van der Waals surface area contributed by atoms with Crippen molar-refractivity contribution in [2.24, 2.45) is 5.92 Å². The molecule has 0 aromatic rings. The molecule has 2 rings (SSSR count). The average Bonchev–Trinajstić information content (AvgIpc) is 2.66. The Morgan fingerprint density at radius 1 is 1.27 bits per heavy atom. The Morgan fingerprint density at radius 3 is 2.53 bits per heavy atom. The lowest BCUT2D eigenvalue weighted by Crippen LogP contribution is -2.50. The summed E-state index contributed by atoms with van der Waals surface area (Å²) in [5.41, 5.74) is 0.379. The van der Waals surface area contributed by atoms with Crippen LogP contribution in [0.15, 0.2) is 0 Å². The summed E-state index contributed by atoms with van der Waals surface area (Å²) in [5.74, 6) is 1.01. The molecule has 88 valence electrons. The Labute approximate surface area is 94.2 Å². The van der Waals surface area contributed by atoms with Crippen LogP contribution in [-0.4, -0.2) is 24.7 Å².